The van der Waals surface area contributed by atoms with Crippen molar-refractivity contribution >= 4 is 27.5 Å². The summed E-state index contributed by atoms with van der Waals surface area (Å²) in [6.07, 6.45) is 0.566. The monoisotopic (exact) mass is 265 g/mol. The molecule has 0 aromatic carbocycles. The van der Waals surface area contributed by atoms with Crippen LogP contribution in [-0.2, 0) is 9.84 Å². The summed E-state index contributed by atoms with van der Waals surface area (Å²) in [4.78, 5) is 0. The highest BCUT2D eigenvalue weighted by molar-refractivity contribution is 7.91. The van der Waals surface area contributed by atoms with Crippen LogP contribution in [0.4, 0.5) is 6.01 Å². The van der Waals surface area contributed by atoms with Crippen molar-refractivity contribution in [1.29, 1.82) is 0 Å². The highest BCUT2D eigenvalue weighted by atomic mass is 35.5. The summed E-state index contributed by atoms with van der Waals surface area (Å²) < 4.78 is 27.6. The summed E-state index contributed by atoms with van der Waals surface area (Å²) in [5.41, 5.74) is 0. The van der Waals surface area contributed by atoms with E-state index in [-0.39, 0.29) is 28.9 Å². The number of nitrogens with one attached hydrogen (secondary N) is 1. The van der Waals surface area contributed by atoms with Crippen LogP contribution in [0.2, 0.25) is 0 Å². The number of nitrogens with zero attached hydrogens (tertiary/aromatic N) is 2. The lowest BCUT2D eigenvalue weighted by Crippen LogP contribution is -2.20. The van der Waals surface area contributed by atoms with Crippen LogP contribution in [0.1, 0.15) is 24.6 Å². The smallest absolute Gasteiger partial charge is 0.315 e. The predicted molar refractivity (Wildman–Crippen MR) is 59.2 cm³/mol. The van der Waals surface area contributed by atoms with Crippen molar-refractivity contribution in [2.75, 3.05) is 16.8 Å². The molecule has 16 heavy (non-hydrogen) atoms. The van der Waals surface area contributed by atoms with E-state index in [4.69, 9.17) is 16.0 Å². The van der Waals surface area contributed by atoms with E-state index < -0.39 is 9.84 Å². The molecule has 0 saturated carbocycles. The first-order chi connectivity index (χ1) is 7.46. The second kappa shape index (κ2) is 4.21. The molecule has 1 aromatic heterocycles. The Kier molecular flexibility index (Phi) is 3.07. The maximum absolute atomic E-state index is 11.2. The minimum atomic E-state index is -2.90. The zero-order valence-electron chi connectivity index (χ0n) is 8.68. The second-order valence-corrected chi connectivity index (χ2v) is 6.69. The zero-order valence-corrected chi connectivity index (χ0v) is 10.3. The number of halogens is 1. The van der Waals surface area contributed by atoms with Crippen LogP contribution < -0.4 is 5.32 Å². The molecule has 8 heteroatoms. The summed E-state index contributed by atoms with van der Waals surface area (Å²) in [6, 6.07) is 0.0773. The van der Waals surface area contributed by atoms with Crippen LogP contribution in [0.15, 0.2) is 4.42 Å². The minimum Gasteiger partial charge on any atom is -0.406 e. The number of anilines is 1. The molecule has 2 unspecified atom stereocenters. The lowest BCUT2D eigenvalue weighted by molar-refractivity contribution is 0.501. The van der Waals surface area contributed by atoms with Gasteiger partial charge in [-0.25, -0.2) is 8.42 Å². The Balaban J connectivity index is 2.00. The first kappa shape index (κ1) is 11.7. The Morgan fingerprint density at radius 3 is 2.81 bits per heavy atom. The van der Waals surface area contributed by atoms with Gasteiger partial charge in [-0.1, -0.05) is 5.10 Å². The molecule has 1 saturated heterocycles. The third kappa shape index (κ3) is 2.65. The van der Waals surface area contributed by atoms with E-state index in [1.807, 2.05) is 0 Å². The maximum Gasteiger partial charge on any atom is 0.315 e. The molecule has 1 aliphatic heterocycles. The lowest BCUT2D eigenvalue weighted by atomic mass is 10.3. The van der Waals surface area contributed by atoms with Crippen molar-refractivity contribution in [3.63, 3.8) is 0 Å². The van der Waals surface area contributed by atoms with E-state index >= 15 is 0 Å². The summed E-state index contributed by atoms with van der Waals surface area (Å²) in [5, 5.41) is 10.0. The van der Waals surface area contributed by atoms with Gasteiger partial charge in [-0.05, 0) is 13.3 Å². The van der Waals surface area contributed by atoms with E-state index in [9.17, 15) is 8.42 Å². The molecule has 1 fully saturated rings. The van der Waals surface area contributed by atoms with Crippen LogP contribution in [-0.4, -0.2) is 36.2 Å². The molecule has 1 aromatic rings. The molecule has 0 radical (unpaired) electrons. The van der Waals surface area contributed by atoms with Crippen molar-refractivity contribution < 1.29 is 12.8 Å². The summed E-state index contributed by atoms with van der Waals surface area (Å²) in [6.45, 7) is 1.72. The van der Waals surface area contributed by atoms with Crippen LogP contribution in [0.25, 0.3) is 0 Å². The topological polar surface area (TPSA) is 85.1 Å². The third-order valence-corrected chi connectivity index (χ3v) is 4.30. The molecule has 0 bridgehead atoms. The first-order valence-electron chi connectivity index (χ1n) is 4.91. The fraction of sp³-hybridized carbons (Fsp3) is 0.750. The third-order valence-electron chi connectivity index (χ3n) is 2.34. The number of sulfone groups is 1. The minimum absolute atomic E-state index is 0.112. The van der Waals surface area contributed by atoms with E-state index in [1.54, 1.807) is 6.92 Å². The largest absolute Gasteiger partial charge is 0.406 e. The molecule has 2 atom stereocenters. The number of hydrogen-bond acceptors (Lipinski definition) is 6. The molecule has 2 rings (SSSR count). The van der Waals surface area contributed by atoms with Gasteiger partial charge in [0.15, 0.2) is 9.84 Å². The van der Waals surface area contributed by atoms with Gasteiger partial charge >= 0.3 is 6.01 Å². The van der Waals surface area contributed by atoms with Gasteiger partial charge < -0.3 is 9.73 Å². The van der Waals surface area contributed by atoms with Gasteiger partial charge in [-0.2, -0.15) is 0 Å². The van der Waals surface area contributed by atoms with Crippen molar-refractivity contribution in [2.45, 2.75) is 24.8 Å². The van der Waals surface area contributed by atoms with Crippen molar-refractivity contribution in [3.8, 4) is 0 Å². The first-order valence-corrected chi connectivity index (χ1v) is 7.16. The zero-order chi connectivity index (χ0) is 11.8. The van der Waals surface area contributed by atoms with E-state index in [0.717, 1.165) is 0 Å². The molecule has 1 aliphatic rings. The SMILES string of the molecule is CC(Cl)c1nnc(NC2CCS(=O)(=O)C2)o1. The number of rotatable bonds is 3. The molecule has 90 valence electrons. The Morgan fingerprint density at radius 2 is 2.31 bits per heavy atom. The molecule has 0 spiro atoms. The van der Waals surface area contributed by atoms with Crippen LogP contribution in [0.3, 0.4) is 0 Å². The van der Waals surface area contributed by atoms with E-state index in [2.05, 4.69) is 15.5 Å². The lowest BCUT2D eigenvalue weighted by Gasteiger charge is -2.06. The summed E-state index contributed by atoms with van der Waals surface area (Å²) in [5.74, 6) is 0.642. The van der Waals surface area contributed by atoms with Crippen molar-refractivity contribution in [1.82, 2.24) is 10.2 Å². The van der Waals surface area contributed by atoms with Crippen molar-refractivity contribution in [3.05, 3.63) is 5.89 Å². The Morgan fingerprint density at radius 1 is 1.56 bits per heavy atom. The number of aromatic nitrogens is 2. The molecule has 6 nitrogen and oxygen atoms in total. The number of hydrogen-bond donors (Lipinski definition) is 1. The van der Waals surface area contributed by atoms with E-state index in [1.165, 1.54) is 0 Å². The predicted octanol–water partition coefficient (Wildman–Crippen LogP) is 0.968. The fourth-order valence-electron chi connectivity index (χ4n) is 1.54. The maximum atomic E-state index is 11.2. The van der Waals surface area contributed by atoms with Crippen molar-refractivity contribution in [2.24, 2.45) is 0 Å². The Bertz CT molecular complexity index is 471. The Labute approximate surface area is 98.3 Å². The average molecular weight is 266 g/mol. The molecule has 1 N–H and O–H groups in total. The standard InChI is InChI=1S/C8H12ClN3O3S/c1-5(9)7-11-12-8(15-7)10-6-2-3-16(13,14)4-6/h5-6H,2-4H2,1H3,(H,10,12). The Hall–Kier alpha value is -0.820. The fourth-order valence-corrected chi connectivity index (χ4v) is 3.30. The van der Waals surface area contributed by atoms with Gasteiger partial charge in [0.05, 0.1) is 11.5 Å². The normalized spacial score (nSPS) is 25.5. The van der Waals surface area contributed by atoms with Gasteiger partial charge in [-0.15, -0.1) is 16.7 Å². The molecule has 2 heterocycles. The second-order valence-electron chi connectivity index (χ2n) is 3.81. The van der Waals surface area contributed by atoms with Gasteiger partial charge in [0.1, 0.15) is 5.38 Å². The summed E-state index contributed by atoms with van der Waals surface area (Å²) >= 11 is 5.76. The van der Waals surface area contributed by atoms with Gasteiger partial charge in [-0.3, -0.25) is 0 Å². The van der Waals surface area contributed by atoms with Gasteiger partial charge in [0.25, 0.3) is 0 Å². The molecular formula is C8H12ClN3O3S. The van der Waals surface area contributed by atoms with E-state index in [0.29, 0.717) is 12.3 Å². The quantitative estimate of drug-likeness (QED) is 0.820. The van der Waals surface area contributed by atoms with Crippen LogP contribution >= 0.6 is 11.6 Å². The molecular weight excluding hydrogens is 254 g/mol. The highest BCUT2D eigenvalue weighted by Gasteiger charge is 2.28. The average Bonchev–Trinajstić information content (AvgIpc) is 2.73. The summed E-state index contributed by atoms with van der Waals surface area (Å²) in [7, 11) is -2.90. The van der Waals surface area contributed by atoms with Gasteiger partial charge in [0, 0.05) is 6.04 Å². The molecule has 0 amide bonds. The van der Waals surface area contributed by atoms with Crippen LogP contribution in [0.5, 0.6) is 0 Å². The highest BCUT2D eigenvalue weighted by Crippen LogP contribution is 2.21. The van der Waals surface area contributed by atoms with Gasteiger partial charge in [0.2, 0.25) is 5.89 Å². The van der Waals surface area contributed by atoms with Crippen LogP contribution in [0, 0.1) is 0 Å². The number of alkyl halides is 1. The molecule has 0 aliphatic carbocycles.